The van der Waals surface area contributed by atoms with E-state index in [1.54, 1.807) is 24.3 Å². The van der Waals surface area contributed by atoms with Crippen LogP contribution in [0.25, 0.3) is 6.08 Å². The van der Waals surface area contributed by atoms with Crippen molar-refractivity contribution in [1.82, 2.24) is 5.43 Å². The molecule has 0 aliphatic heterocycles. The molecule has 146 valence electrons. The molecular weight excluding hydrogens is 358 g/mol. The number of carbonyl (C=O) groups is 1. The van der Waals surface area contributed by atoms with Gasteiger partial charge in [0, 0.05) is 18.3 Å². The summed E-state index contributed by atoms with van der Waals surface area (Å²) in [5, 5.41) is 14.5. The molecular formula is C21H23N3O4. The molecule has 2 aromatic rings. The summed E-state index contributed by atoms with van der Waals surface area (Å²) in [5.41, 5.74) is 4.27. The summed E-state index contributed by atoms with van der Waals surface area (Å²) in [6, 6.07) is 13.9. The monoisotopic (exact) mass is 381 g/mol. The number of amides is 1. The van der Waals surface area contributed by atoms with Crippen LogP contribution in [0.1, 0.15) is 37.3 Å². The molecule has 0 aliphatic carbocycles. The van der Waals surface area contributed by atoms with Gasteiger partial charge >= 0.3 is 0 Å². The van der Waals surface area contributed by atoms with E-state index in [0.717, 1.165) is 6.42 Å². The molecule has 2 aromatic carbocycles. The molecule has 1 N–H and O–H groups in total. The third kappa shape index (κ3) is 6.68. The fourth-order valence-corrected chi connectivity index (χ4v) is 2.36. The number of allylic oxidation sites excluding steroid dienone is 1. The maximum Gasteiger partial charge on any atom is 0.277 e. The number of nitro groups is 1. The Kier molecular flexibility index (Phi) is 7.90. The number of ether oxygens (including phenoxy) is 1. The standard InChI is InChI=1S/C21H23N3O4/c1-3-16(2)18-9-11-20(12-10-18)28-15-21(25)23-22-13-5-7-17-6-4-8-19(14-17)24(26)27/h4-14,16H,3,15H2,1-2H3,(H,23,25). The van der Waals surface area contributed by atoms with Gasteiger partial charge in [-0.1, -0.05) is 44.2 Å². The van der Waals surface area contributed by atoms with Crippen molar-refractivity contribution in [2.45, 2.75) is 26.2 Å². The maximum atomic E-state index is 11.7. The summed E-state index contributed by atoms with van der Waals surface area (Å²) in [6.07, 6.45) is 5.68. The van der Waals surface area contributed by atoms with E-state index < -0.39 is 4.92 Å². The lowest BCUT2D eigenvalue weighted by molar-refractivity contribution is -0.384. The van der Waals surface area contributed by atoms with Crippen molar-refractivity contribution in [1.29, 1.82) is 0 Å². The van der Waals surface area contributed by atoms with Gasteiger partial charge < -0.3 is 4.74 Å². The highest BCUT2D eigenvalue weighted by Crippen LogP contribution is 2.21. The lowest BCUT2D eigenvalue weighted by atomic mass is 9.99. The van der Waals surface area contributed by atoms with Gasteiger partial charge in [-0.05, 0) is 41.7 Å². The first-order valence-corrected chi connectivity index (χ1v) is 8.95. The number of hydrogen-bond donors (Lipinski definition) is 1. The Balaban J connectivity index is 1.76. The minimum Gasteiger partial charge on any atom is -0.484 e. The van der Waals surface area contributed by atoms with Crippen molar-refractivity contribution in [2.24, 2.45) is 5.10 Å². The smallest absolute Gasteiger partial charge is 0.277 e. The molecule has 7 heteroatoms. The van der Waals surface area contributed by atoms with Crippen LogP contribution in [0.2, 0.25) is 0 Å². The predicted octanol–water partition coefficient (Wildman–Crippen LogP) is 4.30. The Hall–Kier alpha value is -3.48. The predicted molar refractivity (Wildman–Crippen MR) is 109 cm³/mol. The first-order valence-electron chi connectivity index (χ1n) is 8.95. The number of nitrogens with zero attached hydrogens (tertiary/aromatic N) is 2. The quantitative estimate of drug-likeness (QED) is 0.398. The van der Waals surface area contributed by atoms with Gasteiger partial charge in [-0.2, -0.15) is 5.10 Å². The molecule has 0 saturated carbocycles. The van der Waals surface area contributed by atoms with Gasteiger partial charge in [0.1, 0.15) is 5.75 Å². The lowest BCUT2D eigenvalue weighted by Crippen LogP contribution is -2.24. The van der Waals surface area contributed by atoms with Crippen LogP contribution in [-0.4, -0.2) is 23.7 Å². The summed E-state index contributed by atoms with van der Waals surface area (Å²) in [4.78, 5) is 22.0. The van der Waals surface area contributed by atoms with Gasteiger partial charge in [0.2, 0.25) is 0 Å². The minimum absolute atomic E-state index is 0.0155. The molecule has 0 radical (unpaired) electrons. The van der Waals surface area contributed by atoms with Gasteiger partial charge in [-0.25, -0.2) is 5.43 Å². The number of non-ortho nitro benzene ring substituents is 1. The van der Waals surface area contributed by atoms with Crippen LogP contribution < -0.4 is 10.2 Å². The molecule has 1 unspecified atom stereocenters. The molecule has 0 aliphatic rings. The van der Waals surface area contributed by atoms with E-state index in [9.17, 15) is 14.9 Å². The van der Waals surface area contributed by atoms with E-state index >= 15 is 0 Å². The number of hydrazone groups is 1. The molecule has 0 heterocycles. The van der Waals surface area contributed by atoms with E-state index in [4.69, 9.17) is 4.74 Å². The van der Waals surface area contributed by atoms with Crippen molar-refractivity contribution >= 4 is 23.9 Å². The number of nitrogens with one attached hydrogen (secondary N) is 1. The highest BCUT2D eigenvalue weighted by Gasteiger charge is 2.05. The zero-order chi connectivity index (χ0) is 20.4. The van der Waals surface area contributed by atoms with Crippen LogP contribution in [0, 0.1) is 10.1 Å². The van der Waals surface area contributed by atoms with E-state index in [2.05, 4.69) is 24.4 Å². The Morgan fingerprint density at radius 3 is 2.71 bits per heavy atom. The van der Waals surface area contributed by atoms with Crippen LogP contribution in [0.4, 0.5) is 5.69 Å². The first-order chi connectivity index (χ1) is 13.5. The van der Waals surface area contributed by atoms with Crippen LogP contribution in [-0.2, 0) is 4.79 Å². The Morgan fingerprint density at radius 1 is 1.29 bits per heavy atom. The fourth-order valence-electron chi connectivity index (χ4n) is 2.36. The van der Waals surface area contributed by atoms with Gasteiger partial charge in [-0.15, -0.1) is 0 Å². The van der Waals surface area contributed by atoms with Crippen LogP contribution in [0.15, 0.2) is 59.7 Å². The molecule has 0 aromatic heterocycles. The molecule has 28 heavy (non-hydrogen) atoms. The normalized spacial score (nSPS) is 12.2. The molecule has 1 amide bonds. The van der Waals surface area contributed by atoms with Gasteiger partial charge in [0.25, 0.3) is 11.6 Å². The van der Waals surface area contributed by atoms with E-state index in [1.165, 1.54) is 23.9 Å². The third-order valence-corrected chi connectivity index (χ3v) is 4.15. The summed E-state index contributed by atoms with van der Waals surface area (Å²) in [5.74, 6) is 0.726. The maximum absolute atomic E-state index is 11.7. The van der Waals surface area contributed by atoms with Gasteiger partial charge in [0.15, 0.2) is 6.61 Å². The zero-order valence-electron chi connectivity index (χ0n) is 15.9. The van der Waals surface area contributed by atoms with Gasteiger partial charge in [-0.3, -0.25) is 14.9 Å². The molecule has 0 bridgehead atoms. The minimum atomic E-state index is -0.455. The topological polar surface area (TPSA) is 93.8 Å². The summed E-state index contributed by atoms with van der Waals surface area (Å²) < 4.78 is 5.43. The Labute approximate surface area is 163 Å². The summed E-state index contributed by atoms with van der Waals surface area (Å²) >= 11 is 0. The van der Waals surface area contributed by atoms with Crippen LogP contribution >= 0.6 is 0 Å². The van der Waals surface area contributed by atoms with Crippen molar-refractivity contribution in [2.75, 3.05) is 6.61 Å². The Bertz CT molecular complexity index is 860. The van der Waals surface area contributed by atoms with Crippen molar-refractivity contribution in [3.05, 3.63) is 75.8 Å². The molecule has 1 atom stereocenters. The third-order valence-electron chi connectivity index (χ3n) is 4.15. The molecule has 0 fully saturated rings. The van der Waals surface area contributed by atoms with Crippen LogP contribution in [0.3, 0.4) is 0 Å². The zero-order valence-corrected chi connectivity index (χ0v) is 15.9. The molecule has 2 rings (SSSR count). The largest absolute Gasteiger partial charge is 0.484 e. The van der Waals surface area contributed by atoms with E-state index in [-0.39, 0.29) is 18.2 Å². The molecule has 0 spiro atoms. The van der Waals surface area contributed by atoms with E-state index in [0.29, 0.717) is 17.2 Å². The Morgan fingerprint density at radius 2 is 2.04 bits per heavy atom. The van der Waals surface area contributed by atoms with Crippen molar-refractivity contribution < 1.29 is 14.5 Å². The number of hydrogen-bond acceptors (Lipinski definition) is 5. The second-order valence-electron chi connectivity index (χ2n) is 6.19. The van der Waals surface area contributed by atoms with Gasteiger partial charge in [0.05, 0.1) is 4.92 Å². The van der Waals surface area contributed by atoms with Crippen molar-refractivity contribution in [3.8, 4) is 5.75 Å². The lowest BCUT2D eigenvalue weighted by Gasteiger charge is -2.10. The average molecular weight is 381 g/mol. The van der Waals surface area contributed by atoms with Crippen molar-refractivity contribution in [3.63, 3.8) is 0 Å². The highest BCUT2D eigenvalue weighted by molar-refractivity contribution is 5.82. The number of benzene rings is 2. The second-order valence-corrected chi connectivity index (χ2v) is 6.19. The van der Waals surface area contributed by atoms with E-state index in [1.807, 2.05) is 24.3 Å². The molecule has 7 nitrogen and oxygen atoms in total. The number of nitro benzene ring substituents is 1. The highest BCUT2D eigenvalue weighted by atomic mass is 16.6. The number of carbonyl (C=O) groups excluding carboxylic acids is 1. The summed E-state index contributed by atoms with van der Waals surface area (Å²) in [6.45, 7) is 4.15. The summed E-state index contributed by atoms with van der Waals surface area (Å²) in [7, 11) is 0. The average Bonchev–Trinajstić information content (AvgIpc) is 2.72. The fraction of sp³-hybridized carbons (Fsp3) is 0.238. The first kappa shape index (κ1) is 20.8. The SMILES string of the molecule is CCC(C)c1ccc(OCC(=O)NN=CC=Cc2cccc([N+](=O)[O-])c2)cc1. The van der Waals surface area contributed by atoms with Crippen LogP contribution in [0.5, 0.6) is 5.75 Å². The second kappa shape index (κ2) is 10.6. The number of rotatable bonds is 9. The molecule has 0 saturated heterocycles.